The second kappa shape index (κ2) is 9.50. The van der Waals surface area contributed by atoms with Crippen LogP contribution in [-0.4, -0.2) is 56.5 Å². The molecule has 4 heterocycles. The van der Waals surface area contributed by atoms with Gasteiger partial charge in [-0.3, -0.25) is 14.6 Å². The summed E-state index contributed by atoms with van der Waals surface area (Å²) in [5.41, 5.74) is 1.32. The third-order valence-corrected chi connectivity index (χ3v) is 5.34. The van der Waals surface area contributed by atoms with E-state index in [2.05, 4.69) is 25.4 Å². The number of rotatable bonds is 3. The van der Waals surface area contributed by atoms with Crippen molar-refractivity contribution in [1.82, 2.24) is 30.3 Å². The van der Waals surface area contributed by atoms with Gasteiger partial charge in [0.2, 0.25) is 23.4 Å². The third-order valence-electron chi connectivity index (χ3n) is 5.34. The summed E-state index contributed by atoms with van der Waals surface area (Å²) < 4.78 is 10.8. The Labute approximate surface area is 179 Å². The SMILES string of the molecule is Cc1ncoc1C(=O)N1CCCC(c2nc(-c3cccnc3)no2)CCNC(=O)CC1. The molecule has 3 aromatic rings. The second-order valence-corrected chi connectivity index (χ2v) is 7.48. The fourth-order valence-electron chi connectivity index (χ4n) is 3.61. The van der Waals surface area contributed by atoms with E-state index in [-0.39, 0.29) is 29.9 Å². The molecule has 0 aliphatic carbocycles. The van der Waals surface area contributed by atoms with Gasteiger partial charge in [-0.05, 0) is 38.3 Å². The van der Waals surface area contributed by atoms with E-state index >= 15 is 0 Å². The maximum atomic E-state index is 12.9. The summed E-state index contributed by atoms with van der Waals surface area (Å²) in [4.78, 5) is 39.4. The van der Waals surface area contributed by atoms with Crippen molar-refractivity contribution >= 4 is 11.8 Å². The molecule has 3 aromatic heterocycles. The summed E-state index contributed by atoms with van der Waals surface area (Å²) in [6.07, 6.45) is 7.00. The van der Waals surface area contributed by atoms with Crippen LogP contribution >= 0.6 is 0 Å². The van der Waals surface area contributed by atoms with Crippen molar-refractivity contribution in [3.63, 3.8) is 0 Å². The predicted octanol–water partition coefficient (Wildman–Crippen LogP) is 2.34. The summed E-state index contributed by atoms with van der Waals surface area (Å²) in [5, 5.41) is 6.99. The number of hydrogen-bond donors (Lipinski definition) is 1. The fraction of sp³-hybridized carbons (Fsp3) is 0.429. The molecule has 0 aromatic carbocycles. The van der Waals surface area contributed by atoms with Crippen LogP contribution in [0.25, 0.3) is 11.4 Å². The molecule has 1 fully saturated rings. The van der Waals surface area contributed by atoms with E-state index < -0.39 is 0 Å². The first-order chi connectivity index (χ1) is 15.1. The molecule has 10 heteroatoms. The van der Waals surface area contributed by atoms with Crippen molar-refractivity contribution < 1.29 is 18.5 Å². The summed E-state index contributed by atoms with van der Waals surface area (Å²) in [6, 6.07) is 3.68. The van der Waals surface area contributed by atoms with Gasteiger partial charge in [0.25, 0.3) is 5.91 Å². The van der Waals surface area contributed by atoms with Gasteiger partial charge in [-0.25, -0.2) is 4.98 Å². The molecule has 4 rings (SSSR count). The van der Waals surface area contributed by atoms with Crippen LogP contribution < -0.4 is 5.32 Å². The number of carbonyl (C=O) groups excluding carboxylic acids is 2. The van der Waals surface area contributed by atoms with Crippen molar-refractivity contribution in [2.75, 3.05) is 19.6 Å². The zero-order chi connectivity index (χ0) is 21.6. The monoisotopic (exact) mass is 424 g/mol. The number of aromatic nitrogens is 4. The number of amides is 2. The predicted molar refractivity (Wildman–Crippen MR) is 109 cm³/mol. The van der Waals surface area contributed by atoms with Crippen LogP contribution in [0.15, 0.2) is 39.9 Å². The van der Waals surface area contributed by atoms with Crippen LogP contribution in [0.3, 0.4) is 0 Å². The Kier molecular flexibility index (Phi) is 6.34. The Morgan fingerprint density at radius 3 is 2.97 bits per heavy atom. The number of hydrogen-bond acceptors (Lipinski definition) is 8. The minimum Gasteiger partial charge on any atom is -0.438 e. The molecule has 0 bridgehead atoms. The average molecular weight is 424 g/mol. The van der Waals surface area contributed by atoms with Crippen molar-refractivity contribution in [2.45, 2.75) is 38.5 Å². The maximum Gasteiger partial charge on any atom is 0.291 e. The molecule has 10 nitrogen and oxygen atoms in total. The van der Waals surface area contributed by atoms with Crippen molar-refractivity contribution in [3.05, 3.63) is 48.3 Å². The van der Waals surface area contributed by atoms with E-state index in [1.165, 1.54) is 6.39 Å². The van der Waals surface area contributed by atoms with E-state index in [0.717, 1.165) is 18.4 Å². The van der Waals surface area contributed by atoms with Crippen LogP contribution in [0.5, 0.6) is 0 Å². The Balaban J connectivity index is 1.48. The van der Waals surface area contributed by atoms with Gasteiger partial charge in [0.15, 0.2) is 6.39 Å². The first-order valence-electron chi connectivity index (χ1n) is 10.3. The summed E-state index contributed by atoms with van der Waals surface area (Å²) >= 11 is 0. The Hall–Kier alpha value is -3.56. The van der Waals surface area contributed by atoms with Gasteiger partial charge in [-0.2, -0.15) is 4.98 Å². The average Bonchev–Trinajstić information content (AvgIpc) is 3.43. The molecule has 1 atom stereocenters. The molecule has 0 spiro atoms. The number of oxazole rings is 1. The van der Waals surface area contributed by atoms with Gasteiger partial charge in [0.05, 0.1) is 5.69 Å². The lowest BCUT2D eigenvalue weighted by molar-refractivity contribution is -0.121. The van der Waals surface area contributed by atoms with E-state index in [1.807, 2.05) is 12.1 Å². The molecule has 1 N–H and O–H groups in total. The molecular formula is C21H24N6O4. The molecular weight excluding hydrogens is 400 g/mol. The Bertz CT molecular complexity index is 1030. The highest BCUT2D eigenvalue weighted by atomic mass is 16.5. The quantitative estimate of drug-likeness (QED) is 0.679. The van der Waals surface area contributed by atoms with Crippen LogP contribution in [0.2, 0.25) is 0 Å². The van der Waals surface area contributed by atoms with Crippen molar-refractivity contribution in [2.24, 2.45) is 0 Å². The molecule has 1 aliphatic rings. The highest BCUT2D eigenvalue weighted by molar-refractivity contribution is 5.92. The molecule has 1 unspecified atom stereocenters. The number of aryl methyl sites for hydroxylation is 1. The largest absolute Gasteiger partial charge is 0.438 e. The first kappa shape index (κ1) is 20.7. The normalized spacial score (nSPS) is 18.3. The molecule has 162 valence electrons. The molecule has 0 saturated carbocycles. The Morgan fingerprint density at radius 1 is 1.29 bits per heavy atom. The number of nitrogens with one attached hydrogen (secondary N) is 1. The number of pyridine rings is 1. The van der Waals surface area contributed by atoms with E-state index in [9.17, 15) is 9.59 Å². The van der Waals surface area contributed by atoms with Crippen molar-refractivity contribution in [3.8, 4) is 11.4 Å². The molecule has 1 saturated heterocycles. The van der Waals surface area contributed by atoms with Crippen LogP contribution in [0.1, 0.15) is 53.7 Å². The van der Waals surface area contributed by atoms with Gasteiger partial charge in [0.1, 0.15) is 0 Å². The molecule has 2 amide bonds. The number of nitrogens with zero attached hydrogens (tertiary/aromatic N) is 5. The standard InChI is InChI=1S/C21H24N6O4/c1-14-18(30-13-24-14)21(29)27-10-3-5-15(6-9-23-17(28)7-11-27)20-25-19(26-31-20)16-4-2-8-22-12-16/h2,4,8,12-13,15H,3,5-7,9-11H2,1H3,(H,23,28). The lowest BCUT2D eigenvalue weighted by Gasteiger charge is -2.21. The van der Waals surface area contributed by atoms with Gasteiger partial charge in [0, 0.05) is 49.9 Å². The summed E-state index contributed by atoms with van der Waals surface area (Å²) in [5.74, 6) is 0.838. The van der Waals surface area contributed by atoms with Crippen LogP contribution in [0.4, 0.5) is 0 Å². The Morgan fingerprint density at radius 2 is 2.19 bits per heavy atom. The summed E-state index contributed by atoms with van der Waals surface area (Å²) in [7, 11) is 0. The number of carbonyl (C=O) groups is 2. The smallest absolute Gasteiger partial charge is 0.291 e. The van der Waals surface area contributed by atoms with Gasteiger partial charge in [-0.1, -0.05) is 5.16 Å². The lowest BCUT2D eigenvalue weighted by Crippen LogP contribution is -2.36. The maximum absolute atomic E-state index is 12.9. The first-order valence-corrected chi connectivity index (χ1v) is 10.3. The molecule has 0 radical (unpaired) electrons. The van der Waals surface area contributed by atoms with E-state index in [4.69, 9.17) is 8.94 Å². The molecule has 31 heavy (non-hydrogen) atoms. The highest BCUT2D eigenvalue weighted by Crippen LogP contribution is 2.26. The van der Waals surface area contributed by atoms with Crippen molar-refractivity contribution in [1.29, 1.82) is 0 Å². The van der Waals surface area contributed by atoms with Gasteiger partial charge in [-0.15, -0.1) is 0 Å². The van der Waals surface area contributed by atoms with Gasteiger partial charge >= 0.3 is 0 Å². The van der Waals surface area contributed by atoms with E-state index in [1.54, 1.807) is 24.2 Å². The lowest BCUT2D eigenvalue weighted by atomic mass is 9.99. The molecule has 1 aliphatic heterocycles. The van der Waals surface area contributed by atoms with E-state index in [0.29, 0.717) is 43.5 Å². The minimum absolute atomic E-state index is 0.0275. The fourth-order valence-corrected chi connectivity index (χ4v) is 3.61. The second-order valence-electron chi connectivity index (χ2n) is 7.48. The van der Waals surface area contributed by atoms with Gasteiger partial charge < -0.3 is 19.2 Å². The van der Waals surface area contributed by atoms with Crippen LogP contribution in [0, 0.1) is 6.92 Å². The highest BCUT2D eigenvalue weighted by Gasteiger charge is 2.25. The zero-order valence-corrected chi connectivity index (χ0v) is 17.3. The van der Waals surface area contributed by atoms with Crippen LogP contribution in [-0.2, 0) is 4.79 Å². The minimum atomic E-state index is -0.254. The topological polar surface area (TPSA) is 127 Å². The summed E-state index contributed by atoms with van der Waals surface area (Å²) in [6.45, 7) is 3.04. The zero-order valence-electron chi connectivity index (χ0n) is 17.3. The third kappa shape index (κ3) is 4.96.